The van der Waals surface area contributed by atoms with Crippen LogP contribution in [0.3, 0.4) is 0 Å². The lowest BCUT2D eigenvalue weighted by atomic mass is 9.95. The summed E-state index contributed by atoms with van der Waals surface area (Å²) in [5, 5.41) is 15.1. The smallest absolute Gasteiger partial charge is 0.335 e. The molecule has 1 fully saturated rings. The summed E-state index contributed by atoms with van der Waals surface area (Å²) < 4.78 is 0. The number of hydrogen-bond donors (Lipinski definition) is 3. The fourth-order valence-corrected chi connectivity index (χ4v) is 3.51. The van der Waals surface area contributed by atoms with Crippen molar-refractivity contribution in [3.63, 3.8) is 0 Å². The van der Waals surface area contributed by atoms with E-state index in [2.05, 4.69) is 16.9 Å². The van der Waals surface area contributed by atoms with Gasteiger partial charge in [-0.1, -0.05) is 12.8 Å². The average Bonchev–Trinajstić information content (AvgIpc) is 2.48. The monoisotopic (exact) mass is 308 g/mol. The van der Waals surface area contributed by atoms with E-state index in [0.717, 1.165) is 19.3 Å². The summed E-state index contributed by atoms with van der Waals surface area (Å²) >= 11 is 1.80. The van der Waals surface area contributed by atoms with Crippen molar-refractivity contribution >= 4 is 29.4 Å². The van der Waals surface area contributed by atoms with Gasteiger partial charge in [-0.05, 0) is 43.4 Å². The van der Waals surface area contributed by atoms with Crippen LogP contribution in [0, 0.1) is 0 Å². The summed E-state index contributed by atoms with van der Waals surface area (Å²) in [6.07, 6.45) is 6.60. The lowest BCUT2D eigenvalue weighted by Crippen LogP contribution is -2.45. The number of carboxylic acids is 1. The Bertz CT molecular complexity index is 504. The molecular formula is C15H20N2O3S. The van der Waals surface area contributed by atoms with Crippen molar-refractivity contribution in [3.05, 3.63) is 29.8 Å². The number of anilines is 1. The summed E-state index contributed by atoms with van der Waals surface area (Å²) in [5.74, 6) is -0.976. The Morgan fingerprint density at radius 2 is 1.86 bits per heavy atom. The number of amides is 2. The van der Waals surface area contributed by atoms with Crippen LogP contribution < -0.4 is 10.6 Å². The number of rotatable bonds is 4. The third-order valence-electron chi connectivity index (χ3n) is 3.71. The minimum absolute atomic E-state index is 0.201. The number of thioether (sulfide) groups is 1. The molecule has 0 radical (unpaired) electrons. The molecule has 21 heavy (non-hydrogen) atoms. The first-order valence-electron chi connectivity index (χ1n) is 7.04. The second kappa shape index (κ2) is 7.36. The van der Waals surface area contributed by atoms with E-state index in [4.69, 9.17) is 5.11 Å². The third-order valence-corrected chi connectivity index (χ3v) is 4.88. The van der Waals surface area contributed by atoms with Gasteiger partial charge in [-0.3, -0.25) is 0 Å². The third kappa shape index (κ3) is 4.39. The lowest BCUT2D eigenvalue weighted by Gasteiger charge is -2.30. The van der Waals surface area contributed by atoms with E-state index in [1.165, 1.54) is 18.6 Å². The number of benzene rings is 1. The molecule has 2 rings (SSSR count). The van der Waals surface area contributed by atoms with Gasteiger partial charge in [-0.15, -0.1) is 0 Å². The van der Waals surface area contributed by atoms with Crippen LogP contribution in [0.15, 0.2) is 24.3 Å². The van der Waals surface area contributed by atoms with Crippen LogP contribution in [-0.2, 0) is 0 Å². The van der Waals surface area contributed by atoms with Crippen molar-refractivity contribution in [1.29, 1.82) is 0 Å². The maximum Gasteiger partial charge on any atom is 0.335 e. The van der Waals surface area contributed by atoms with Crippen LogP contribution in [0.1, 0.15) is 36.0 Å². The Morgan fingerprint density at radius 3 is 2.48 bits per heavy atom. The van der Waals surface area contributed by atoms with Crippen LogP contribution >= 0.6 is 11.8 Å². The van der Waals surface area contributed by atoms with Crippen LogP contribution in [0.25, 0.3) is 0 Å². The predicted molar refractivity (Wildman–Crippen MR) is 85.1 cm³/mol. The molecule has 1 aromatic carbocycles. The number of nitrogens with one attached hydrogen (secondary N) is 2. The number of hydrogen-bond acceptors (Lipinski definition) is 3. The Morgan fingerprint density at radius 1 is 1.19 bits per heavy atom. The molecule has 1 saturated carbocycles. The SMILES string of the molecule is CSC1CCCCC1NC(=O)Nc1ccc(C(=O)O)cc1. The molecule has 0 heterocycles. The normalized spacial score (nSPS) is 21.6. The Labute approximate surface area is 128 Å². The average molecular weight is 308 g/mol. The zero-order chi connectivity index (χ0) is 15.2. The molecular weight excluding hydrogens is 288 g/mol. The van der Waals surface area contributed by atoms with E-state index in [-0.39, 0.29) is 17.6 Å². The summed E-state index contributed by atoms with van der Waals surface area (Å²) in [6, 6.07) is 6.11. The fourth-order valence-electron chi connectivity index (χ4n) is 2.58. The maximum atomic E-state index is 12.0. The first-order chi connectivity index (χ1) is 10.1. The Kier molecular flexibility index (Phi) is 5.50. The summed E-state index contributed by atoms with van der Waals surface area (Å²) in [4.78, 5) is 22.8. The van der Waals surface area contributed by atoms with Crippen molar-refractivity contribution in [2.24, 2.45) is 0 Å². The highest BCUT2D eigenvalue weighted by Crippen LogP contribution is 2.27. The molecule has 0 bridgehead atoms. The van der Waals surface area contributed by atoms with Crippen molar-refractivity contribution in [1.82, 2.24) is 5.32 Å². The fraction of sp³-hybridized carbons (Fsp3) is 0.467. The van der Waals surface area contributed by atoms with Gasteiger partial charge in [0.15, 0.2) is 0 Å². The molecule has 0 spiro atoms. The van der Waals surface area contributed by atoms with Crippen LogP contribution in [0.5, 0.6) is 0 Å². The molecule has 0 saturated heterocycles. The van der Waals surface area contributed by atoms with Gasteiger partial charge < -0.3 is 15.7 Å². The molecule has 6 heteroatoms. The lowest BCUT2D eigenvalue weighted by molar-refractivity contribution is 0.0697. The molecule has 2 atom stereocenters. The van der Waals surface area contributed by atoms with E-state index in [9.17, 15) is 9.59 Å². The quantitative estimate of drug-likeness (QED) is 0.798. The molecule has 2 amide bonds. The highest BCUT2D eigenvalue weighted by Gasteiger charge is 2.25. The van der Waals surface area contributed by atoms with E-state index in [1.54, 1.807) is 23.9 Å². The highest BCUT2D eigenvalue weighted by atomic mass is 32.2. The van der Waals surface area contributed by atoms with E-state index in [1.807, 2.05) is 0 Å². The Hall–Kier alpha value is -1.69. The second-order valence-corrected chi connectivity index (χ2v) is 6.22. The van der Waals surface area contributed by atoms with Crippen molar-refractivity contribution in [2.75, 3.05) is 11.6 Å². The van der Waals surface area contributed by atoms with E-state index < -0.39 is 5.97 Å². The van der Waals surface area contributed by atoms with Gasteiger partial charge in [0.25, 0.3) is 0 Å². The van der Waals surface area contributed by atoms with Gasteiger partial charge in [-0.25, -0.2) is 9.59 Å². The van der Waals surface area contributed by atoms with E-state index >= 15 is 0 Å². The molecule has 0 aliphatic heterocycles. The predicted octanol–water partition coefficient (Wildman–Crippen LogP) is 3.18. The van der Waals surface area contributed by atoms with E-state index in [0.29, 0.717) is 10.9 Å². The topological polar surface area (TPSA) is 78.4 Å². The van der Waals surface area contributed by atoms with Crippen molar-refractivity contribution < 1.29 is 14.7 Å². The van der Waals surface area contributed by atoms with Gasteiger partial charge >= 0.3 is 12.0 Å². The molecule has 114 valence electrons. The zero-order valence-corrected chi connectivity index (χ0v) is 12.8. The minimum atomic E-state index is -0.976. The summed E-state index contributed by atoms with van der Waals surface area (Å²) in [6.45, 7) is 0. The largest absolute Gasteiger partial charge is 0.478 e. The molecule has 1 aliphatic carbocycles. The van der Waals surface area contributed by atoms with Crippen molar-refractivity contribution in [2.45, 2.75) is 37.0 Å². The summed E-state index contributed by atoms with van der Waals surface area (Å²) in [5.41, 5.74) is 0.796. The van der Waals surface area contributed by atoms with Crippen molar-refractivity contribution in [3.8, 4) is 0 Å². The molecule has 5 nitrogen and oxygen atoms in total. The molecule has 1 aromatic rings. The first kappa shape index (κ1) is 15.7. The molecule has 2 unspecified atom stereocenters. The maximum absolute atomic E-state index is 12.0. The standard InChI is InChI=1S/C15H20N2O3S/c1-21-13-5-3-2-4-12(13)17-15(20)16-11-8-6-10(7-9-11)14(18)19/h6-9,12-13H,2-5H2,1H3,(H,18,19)(H2,16,17,20). The Balaban J connectivity index is 1.90. The zero-order valence-electron chi connectivity index (χ0n) is 12.0. The first-order valence-corrected chi connectivity index (χ1v) is 8.32. The van der Waals surface area contributed by atoms with Gasteiger partial charge in [0.2, 0.25) is 0 Å². The number of carboxylic acid groups (broad SMARTS) is 1. The number of carbonyl (C=O) groups excluding carboxylic acids is 1. The number of aromatic carboxylic acids is 1. The molecule has 3 N–H and O–H groups in total. The number of urea groups is 1. The van der Waals surface area contributed by atoms with Gasteiger partial charge in [0.05, 0.1) is 5.56 Å². The van der Waals surface area contributed by atoms with Gasteiger partial charge in [-0.2, -0.15) is 11.8 Å². The van der Waals surface area contributed by atoms with Crippen LogP contribution in [0.2, 0.25) is 0 Å². The molecule has 1 aliphatic rings. The number of carbonyl (C=O) groups is 2. The summed E-state index contributed by atoms with van der Waals surface area (Å²) in [7, 11) is 0. The van der Waals surface area contributed by atoms with Crippen LogP contribution in [0.4, 0.5) is 10.5 Å². The van der Waals surface area contributed by atoms with Gasteiger partial charge in [0.1, 0.15) is 0 Å². The highest BCUT2D eigenvalue weighted by molar-refractivity contribution is 7.99. The minimum Gasteiger partial charge on any atom is -0.478 e. The molecule has 0 aromatic heterocycles. The van der Waals surface area contributed by atoms with Crippen LogP contribution in [-0.4, -0.2) is 34.7 Å². The van der Waals surface area contributed by atoms with Gasteiger partial charge in [0, 0.05) is 17.0 Å². The second-order valence-electron chi connectivity index (χ2n) is 5.15.